The Labute approximate surface area is 197 Å². The molecule has 2 aromatic carbocycles. The molecule has 2 atom stereocenters. The molecule has 6 rings (SSSR count). The number of alkyl halides is 1. The summed E-state index contributed by atoms with van der Waals surface area (Å²) in [6.45, 7) is 1.74. The predicted octanol–water partition coefficient (Wildman–Crippen LogP) is 3.72. The van der Waals surface area contributed by atoms with Crippen LogP contribution in [0, 0.1) is 11.3 Å². The van der Waals surface area contributed by atoms with Gasteiger partial charge in [-0.3, -0.25) is 4.57 Å². The van der Waals surface area contributed by atoms with Gasteiger partial charge in [-0.05, 0) is 61.6 Å². The molecule has 0 N–H and O–H groups in total. The highest BCUT2D eigenvalue weighted by molar-refractivity contribution is 5.72. The molecule has 0 unspecified atom stereocenters. The Hall–Kier alpha value is -3.96. The molecule has 2 aliphatic rings. The molecule has 0 radical (unpaired) electrons. The minimum atomic E-state index is -0.871. The molecule has 0 saturated carbocycles. The Kier molecular flexibility index (Phi) is 4.74. The number of rotatable bonds is 3. The monoisotopic (exact) mass is 453 g/mol. The summed E-state index contributed by atoms with van der Waals surface area (Å²) in [7, 11) is 3.87. The van der Waals surface area contributed by atoms with E-state index in [9.17, 15) is 4.39 Å². The second kappa shape index (κ2) is 7.82. The van der Waals surface area contributed by atoms with E-state index in [0.717, 1.165) is 39.6 Å². The number of fused-ring (bicyclic) bond motifs is 5. The van der Waals surface area contributed by atoms with E-state index in [1.165, 1.54) is 0 Å². The quantitative estimate of drug-likeness (QED) is 0.417. The fraction of sp³-hybridized carbons (Fsp3) is 0.269. The van der Waals surface area contributed by atoms with E-state index in [1.807, 2.05) is 47.8 Å². The number of anilines is 1. The van der Waals surface area contributed by atoms with E-state index in [0.29, 0.717) is 25.2 Å². The van der Waals surface area contributed by atoms with Gasteiger partial charge in [0.1, 0.15) is 12.5 Å². The average molecular weight is 454 g/mol. The number of hydrogen-bond acceptors (Lipinski definition) is 5. The van der Waals surface area contributed by atoms with E-state index >= 15 is 0 Å². The Morgan fingerprint density at radius 3 is 2.62 bits per heavy atom. The zero-order valence-electron chi connectivity index (χ0n) is 19.1. The molecular weight excluding hydrogens is 429 g/mol. The fourth-order valence-corrected chi connectivity index (χ4v) is 5.07. The lowest BCUT2D eigenvalue weighted by atomic mass is 10.1. The fourth-order valence-electron chi connectivity index (χ4n) is 5.07. The SMILES string of the molecule is CN(C)[C@H]1CN(c2ccc3c(c2)Cn2cc(-c4ccc(C#N)cc4)cc2-c2nncn2-3)C[C@@H]1F. The molecule has 7 nitrogen and oxygen atoms in total. The van der Waals surface area contributed by atoms with Gasteiger partial charge in [-0.1, -0.05) is 12.1 Å². The third kappa shape index (κ3) is 3.28. The van der Waals surface area contributed by atoms with Gasteiger partial charge in [-0.15, -0.1) is 10.2 Å². The van der Waals surface area contributed by atoms with Crippen LogP contribution in [0.5, 0.6) is 0 Å². The third-order valence-electron chi connectivity index (χ3n) is 6.93. The van der Waals surface area contributed by atoms with E-state index in [4.69, 9.17) is 5.26 Å². The summed E-state index contributed by atoms with van der Waals surface area (Å²) in [6.07, 6.45) is 2.99. The van der Waals surface area contributed by atoms with E-state index in [-0.39, 0.29) is 6.04 Å². The van der Waals surface area contributed by atoms with Crippen molar-refractivity contribution in [2.45, 2.75) is 18.8 Å². The van der Waals surface area contributed by atoms with Crippen LogP contribution in [0.2, 0.25) is 0 Å². The molecule has 8 heteroatoms. The summed E-state index contributed by atoms with van der Waals surface area (Å²) < 4.78 is 18.8. The van der Waals surface area contributed by atoms with Crippen LogP contribution in [0.4, 0.5) is 10.1 Å². The van der Waals surface area contributed by atoms with Crippen LogP contribution in [-0.4, -0.2) is 63.6 Å². The predicted molar refractivity (Wildman–Crippen MR) is 129 cm³/mol. The van der Waals surface area contributed by atoms with Crippen LogP contribution in [0.1, 0.15) is 11.1 Å². The standard InChI is InChI=1S/C26H24FN7/c1-31(2)25-15-32(14-22(25)27)21-7-8-23-20(9-21)13-33-12-19(18-5-3-17(11-28)4-6-18)10-24(33)26-30-29-16-34(23)26/h3-10,12,16,22,25H,13-15H2,1-2H3/t22-,25-/m0/s1. The molecule has 0 aliphatic carbocycles. The van der Waals surface area contributed by atoms with Gasteiger partial charge in [0.2, 0.25) is 0 Å². The lowest BCUT2D eigenvalue weighted by molar-refractivity contribution is 0.202. The Morgan fingerprint density at radius 1 is 1.06 bits per heavy atom. The summed E-state index contributed by atoms with van der Waals surface area (Å²) >= 11 is 0. The zero-order valence-corrected chi connectivity index (χ0v) is 19.1. The van der Waals surface area contributed by atoms with Crippen molar-refractivity contribution in [2.75, 3.05) is 32.1 Å². The number of aromatic nitrogens is 4. The maximum atomic E-state index is 14.6. The van der Waals surface area contributed by atoms with Crippen LogP contribution in [-0.2, 0) is 6.54 Å². The Morgan fingerprint density at radius 2 is 1.88 bits per heavy atom. The number of hydrogen-bond donors (Lipinski definition) is 0. The zero-order chi connectivity index (χ0) is 23.4. The Balaban J connectivity index is 1.40. The van der Waals surface area contributed by atoms with Crippen LogP contribution in [0.15, 0.2) is 61.1 Å². The number of likely N-dealkylation sites (N-methyl/N-ethyl adjacent to an activating group) is 1. The molecule has 34 heavy (non-hydrogen) atoms. The topological polar surface area (TPSA) is 65.9 Å². The van der Waals surface area contributed by atoms with E-state index in [1.54, 1.807) is 6.33 Å². The molecule has 4 heterocycles. The second-order valence-corrected chi connectivity index (χ2v) is 9.22. The number of benzene rings is 2. The lowest BCUT2D eigenvalue weighted by Gasteiger charge is -2.22. The van der Waals surface area contributed by atoms with Crippen molar-refractivity contribution < 1.29 is 4.39 Å². The maximum absolute atomic E-state index is 14.6. The molecule has 4 aromatic rings. The summed E-state index contributed by atoms with van der Waals surface area (Å²) in [4.78, 5) is 4.10. The first-order valence-corrected chi connectivity index (χ1v) is 11.3. The van der Waals surface area contributed by atoms with Crippen LogP contribution < -0.4 is 4.90 Å². The third-order valence-corrected chi connectivity index (χ3v) is 6.93. The van der Waals surface area contributed by atoms with E-state index < -0.39 is 6.17 Å². The smallest absolute Gasteiger partial charge is 0.185 e. The highest BCUT2D eigenvalue weighted by Crippen LogP contribution is 2.35. The van der Waals surface area contributed by atoms with Crippen molar-refractivity contribution in [2.24, 2.45) is 0 Å². The molecule has 0 spiro atoms. The first-order valence-electron chi connectivity index (χ1n) is 11.3. The van der Waals surface area contributed by atoms with E-state index in [2.05, 4.69) is 56.2 Å². The van der Waals surface area contributed by atoms with Gasteiger partial charge in [-0.2, -0.15) is 5.26 Å². The normalized spacial score (nSPS) is 18.9. The molecule has 0 bridgehead atoms. The van der Waals surface area contributed by atoms with Gasteiger partial charge in [0, 0.05) is 30.5 Å². The molecule has 2 aliphatic heterocycles. The van der Waals surface area contributed by atoms with Gasteiger partial charge >= 0.3 is 0 Å². The first kappa shape index (κ1) is 20.6. The summed E-state index contributed by atoms with van der Waals surface area (Å²) in [5.74, 6) is 0.782. The van der Waals surface area contributed by atoms with Crippen molar-refractivity contribution in [3.8, 4) is 34.4 Å². The highest BCUT2D eigenvalue weighted by Gasteiger charge is 2.34. The number of nitrogens with zero attached hydrogens (tertiary/aromatic N) is 7. The van der Waals surface area contributed by atoms with Crippen LogP contribution in [0.3, 0.4) is 0 Å². The average Bonchev–Trinajstić information content (AvgIpc) is 3.56. The molecule has 0 amide bonds. The summed E-state index contributed by atoms with van der Waals surface area (Å²) in [5, 5.41) is 17.7. The summed E-state index contributed by atoms with van der Waals surface area (Å²) in [5.41, 5.74) is 6.91. The minimum absolute atomic E-state index is 0.103. The Bertz CT molecular complexity index is 1410. The highest BCUT2D eigenvalue weighted by atomic mass is 19.1. The first-order chi connectivity index (χ1) is 16.5. The van der Waals surface area contributed by atoms with Crippen molar-refractivity contribution in [1.82, 2.24) is 24.2 Å². The number of halogens is 1. The summed E-state index contributed by atoms with van der Waals surface area (Å²) in [6, 6.07) is 18.1. The second-order valence-electron chi connectivity index (χ2n) is 9.22. The molecule has 1 fully saturated rings. The van der Waals surface area contributed by atoms with Gasteiger partial charge in [-0.25, -0.2) is 4.39 Å². The van der Waals surface area contributed by atoms with Crippen molar-refractivity contribution in [3.63, 3.8) is 0 Å². The van der Waals surface area contributed by atoms with Crippen LogP contribution in [0.25, 0.3) is 28.3 Å². The van der Waals surface area contributed by atoms with Gasteiger partial charge in [0.05, 0.1) is 35.6 Å². The molecule has 1 saturated heterocycles. The van der Waals surface area contributed by atoms with Crippen LogP contribution >= 0.6 is 0 Å². The van der Waals surface area contributed by atoms with Crippen molar-refractivity contribution in [1.29, 1.82) is 5.26 Å². The van der Waals surface area contributed by atoms with Crippen molar-refractivity contribution >= 4 is 5.69 Å². The molecular formula is C26H24FN7. The molecule has 2 aromatic heterocycles. The van der Waals surface area contributed by atoms with Gasteiger partial charge in [0.15, 0.2) is 5.82 Å². The maximum Gasteiger partial charge on any atom is 0.185 e. The molecule has 170 valence electrons. The number of nitriles is 1. The minimum Gasteiger partial charge on any atom is -0.367 e. The van der Waals surface area contributed by atoms with Gasteiger partial charge < -0.3 is 14.4 Å². The van der Waals surface area contributed by atoms with Crippen molar-refractivity contribution in [3.05, 3.63) is 72.2 Å². The van der Waals surface area contributed by atoms with Gasteiger partial charge in [0.25, 0.3) is 0 Å². The lowest BCUT2D eigenvalue weighted by Crippen LogP contribution is -2.36. The largest absolute Gasteiger partial charge is 0.367 e.